The first-order valence-corrected chi connectivity index (χ1v) is 12.2. The maximum atomic E-state index is 14.1. The second-order valence-corrected chi connectivity index (χ2v) is 9.51. The molecule has 0 spiro atoms. The Morgan fingerprint density at radius 2 is 1.86 bits per heavy atom. The van der Waals surface area contributed by atoms with Gasteiger partial charge in [-0.3, -0.25) is 0 Å². The van der Waals surface area contributed by atoms with Gasteiger partial charge < -0.3 is 23.8 Å². The minimum absolute atomic E-state index is 0.0307. The van der Waals surface area contributed by atoms with Gasteiger partial charge in [0.2, 0.25) is 5.79 Å². The van der Waals surface area contributed by atoms with E-state index in [1.165, 1.54) is 12.1 Å². The van der Waals surface area contributed by atoms with Crippen LogP contribution in [0.3, 0.4) is 0 Å². The van der Waals surface area contributed by atoms with E-state index in [-0.39, 0.29) is 17.8 Å². The van der Waals surface area contributed by atoms with Gasteiger partial charge in [-0.25, -0.2) is 4.79 Å². The van der Waals surface area contributed by atoms with E-state index in [1.807, 2.05) is 32.0 Å². The van der Waals surface area contributed by atoms with Gasteiger partial charge in [-0.1, -0.05) is 49.2 Å². The van der Waals surface area contributed by atoms with Crippen molar-refractivity contribution in [3.63, 3.8) is 0 Å². The first-order chi connectivity index (χ1) is 16.7. The highest BCUT2D eigenvalue weighted by atomic mass is 19.3. The lowest BCUT2D eigenvalue weighted by atomic mass is 10.0. The van der Waals surface area contributed by atoms with Gasteiger partial charge in [0.1, 0.15) is 18.5 Å². The minimum atomic E-state index is -2.98. The van der Waals surface area contributed by atoms with Crippen LogP contribution in [-0.4, -0.2) is 43.1 Å². The van der Waals surface area contributed by atoms with E-state index < -0.39 is 18.3 Å². The second kappa shape index (κ2) is 10.9. The average molecular weight is 490 g/mol. The number of benzene rings is 2. The number of hydrogen-bond acceptors (Lipinski definition) is 5. The van der Waals surface area contributed by atoms with Gasteiger partial charge in [-0.15, -0.1) is 0 Å². The fraction of sp³-hybridized carbons (Fsp3) is 0.519. The lowest BCUT2D eigenvalue weighted by molar-refractivity contribution is -0.180. The molecule has 2 aliphatic rings. The maximum Gasteiger partial charge on any atom is 0.410 e. The Morgan fingerprint density at radius 1 is 1.09 bits per heavy atom. The van der Waals surface area contributed by atoms with Crippen LogP contribution in [0.5, 0.6) is 5.75 Å². The smallest absolute Gasteiger partial charge is 0.410 e. The van der Waals surface area contributed by atoms with Crippen LogP contribution in [0.4, 0.5) is 13.6 Å². The zero-order valence-electron chi connectivity index (χ0n) is 20.3. The molecule has 2 aromatic rings. The topological polar surface area (TPSA) is 57.2 Å². The summed E-state index contributed by atoms with van der Waals surface area (Å²) in [5.74, 6) is -2.84. The zero-order chi connectivity index (χ0) is 24.9. The molecule has 8 heteroatoms. The fourth-order valence-corrected chi connectivity index (χ4v) is 4.25. The lowest BCUT2D eigenvalue weighted by Crippen LogP contribution is -2.35. The van der Waals surface area contributed by atoms with Crippen molar-refractivity contribution in [2.24, 2.45) is 0 Å². The summed E-state index contributed by atoms with van der Waals surface area (Å²) >= 11 is 0. The summed E-state index contributed by atoms with van der Waals surface area (Å²) in [6.45, 7) is 4.98. The largest absolute Gasteiger partial charge is 0.463 e. The summed E-state index contributed by atoms with van der Waals surface area (Å²) < 4.78 is 50.5. The fourth-order valence-electron chi connectivity index (χ4n) is 4.25. The number of cyclic esters (lactones) is 1. The highest BCUT2D eigenvalue weighted by molar-refractivity contribution is 5.70. The summed E-state index contributed by atoms with van der Waals surface area (Å²) in [5, 5.41) is 0. The number of unbranched alkanes of at least 4 members (excludes halogenated alkanes) is 3. The highest BCUT2D eigenvalue weighted by Gasteiger charge is 2.34. The normalized spacial score (nSPS) is 19.3. The van der Waals surface area contributed by atoms with Crippen LogP contribution in [0.25, 0.3) is 0 Å². The summed E-state index contributed by atoms with van der Waals surface area (Å²) in [4.78, 5) is 14.0. The standard InChI is InChI=1S/C27H33F2NO5/c1-26(2)33-18-21-16-20(12-13-23(21)35-26)24-17-30(25(31)34-24)14-8-3-4-9-15-32-19-27(28,29)22-10-6-5-7-11-22/h5-7,10-13,16,24H,3-4,8-9,14-15,17-19H2,1-2H3. The van der Waals surface area contributed by atoms with Crippen LogP contribution in [0.1, 0.15) is 62.3 Å². The van der Waals surface area contributed by atoms with Gasteiger partial charge in [0.15, 0.2) is 0 Å². The molecule has 0 N–H and O–H groups in total. The van der Waals surface area contributed by atoms with Crippen LogP contribution >= 0.6 is 0 Å². The molecule has 4 rings (SSSR count). The van der Waals surface area contributed by atoms with Gasteiger partial charge in [-0.05, 0) is 30.5 Å². The molecular formula is C27H33F2NO5. The third-order valence-corrected chi connectivity index (χ3v) is 6.22. The highest BCUT2D eigenvalue weighted by Crippen LogP contribution is 2.35. The molecule has 35 heavy (non-hydrogen) atoms. The van der Waals surface area contributed by atoms with Crippen molar-refractivity contribution in [1.29, 1.82) is 0 Å². The summed E-state index contributed by atoms with van der Waals surface area (Å²) in [5.41, 5.74) is 1.84. The molecule has 2 heterocycles. The number of carbonyl (C=O) groups is 1. The molecule has 0 saturated carbocycles. The van der Waals surface area contributed by atoms with E-state index in [4.69, 9.17) is 18.9 Å². The number of fused-ring (bicyclic) bond motifs is 1. The quantitative estimate of drug-likeness (QED) is 0.352. The first-order valence-electron chi connectivity index (χ1n) is 12.2. The molecular weight excluding hydrogens is 456 g/mol. The monoisotopic (exact) mass is 489 g/mol. The van der Waals surface area contributed by atoms with Crippen molar-refractivity contribution in [3.05, 3.63) is 65.2 Å². The molecule has 190 valence electrons. The molecule has 2 aliphatic heterocycles. The van der Waals surface area contributed by atoms with Crippen molar-refractivity contribution in [1.82, 2.24) is 4.90 Å². The van der Waals surface area contributed by atoms with Gasteiger partial charge in [0.05, 0.1) is 13.2 Å². The van der Waals surface area contributed by atoms with Gasteiger partial charge in [-0.2, -0.15) is 8.78 Å². The number of halogens is 2. The number of carbonyl (C=O) groups excluding carboxylic acids is 1. The molecule has 1 amide bonds. The molecule has 6 nitrogen and oxygen atoms in total. The molecule has 1 atom stereocenters. The predicted molar refractivity (Wildman–Crippen MR) is 126 cm³/mol. The zero-order valence-corrected chi connectivity index (χ0v) is 20.3. The lowest BCUT2D eigenvalue weighted by Gasteiger charge is -2.32. The summed E-state index contributed by atoms with van der Waals surface area (Å²) in [6.07, 6.45) is 2.63. The predicted octanol–water partition coefficient (Wildman–Crippen LogP) is 6.19. The van der Waals surface area contributed by atoms with E-state index >= 15 is 0 Å². The Bertz CT molecular complexity index is 998. The Hall–Kier alpha value is -2.71. The molecule has 1 fully saturated rings. The van der Waals surface area contributed by atoms with Crippen LogP contribution < -0.4 is 4.74 Å². The first kappa shape index (κ1) is 25.4. The third kappa shape index (κ3) is 6.70. The van der Waals surface area contributed by atoms with Crippen molar-refractivity contribution in [2.75, 3.05) is 26.3 Å². The van der Waals surface area contributed by atoms with Gasteiger partial charge in [0, 0.05) is 38.1 Å². The molecule has 2 aromatic carbocycles. The average Bonchev–Trinajstić information content (AvgIpc) is 3.21. The molecule has 1 saturated heterocycles. The minimum Gasteiger partial charge on any atom is -0.463 e. The number of ether oxygens (including phenoxy) is 4. The molecule has 0 aromatic heterocycles. The number of hydrogen-bond donors (Lipinski definition) is 0. The Labute approximate surface area is 205 Å². The summed E-state index contributed by atoms with van der Waals surface area (Å²) in [7, 11) is 0. The van der Waals surface area contributed by atoms with Gasteiger partial charge >= 0.3 is 6.09 Å². The molecule has 1 unspecified atom stereocenters. The second-order valence-electron chi connectivity index (χ2n) is 9.51. The number of alkyl halides is 2. The summed E-state index contributed by atoms with van der Waals surface area (Å²) in [6, 6.07) is 13.5. The Morgan fingerprint density at radius 3 is 2.66 bits per heavy atom. The number of amides is 1. The van der Waals surface area contributed by atoms with Crippen molar-refractivity contribution in [3.8, 4) is 5.75 Å². The van der Waals surface area contributed by atoms with Crippen LogP contribution in [0, 0.1) is 0 Å². The number of nitrogens with zero attached hydrogens (tertiary/aromatic N) is 1. The van der Waals surface area contributed by atoms with Crippen LogP contribution in [0.15, 0.2) is 48.5 Å². The van der Waals surface area contributed by atoms with Crippen molar-refractivity contribution < 1.29 is 32.5 Å². The Kier molecular flexibility index (Phi) is 7.91. The Balaban J connectivity index is 1.13. The van der Waals surface area contributed by atoms with E-state index in [0.717, 1.165) is 36.1 Å². The van der Waals surface area contributed by atoms with E-state index in [9.17, 15) is 13.6 Å². The third-order valence-electron chi connectivity index (χ3n) is 6.22. The van der Waals surface area contributed by atoms with Crippen LogP contribution in [-0.2, 0) is 26.7 Å². The number of rotatable bonds is 11. The molecule has 0 aliphatic carbocycles. The van der Waals surface area contributed by atoms with Crippen molar-refractivity contribution in [2.45, 2.75) is 64.0 Å². The molecule has 0 radical (unpaired) electrons. The van der Waals surface area contributed by atoms with E-state index in [1.54, 1.807) is 23.1 Å². The van der Waals surface area contributed by atoms with E-state index in [2.05, 4.69) is 0 Å². The molecule has 0 bridgehead atoms. The maximum absolute atomic E-state index is 14.1. The van der Waals surface area contributed by atoms with Crippen LogP contribution in [0.2, 0.25) is 0 Å². The van der Waals surface area contributed by atoms with Gasteiger partial charge in [0.25, 0.3) is 5.92 Å². The van der Waals surface area contributed by atoms with Crippen molar-refractivity contribution >= 4 is 6.09 Å². The van der Waals surface area contributed by atoms with E-state index in [0.29, 0.717) is 32.7 Å². The SMILES string of the molecule is CC1(C)OCc2cc(C3CN(CCCCCCOCC(F)(F)c4ccccc4)C(=O)O3)ccc2O1.